The van der Waals surface area contributed by atoms with Gasteiger partial charge in [-0.05, 0) is 30.9 Å². The first-order chi connectivity index (χ1) is 8.55. The molecule has 0 saturated heterocycles. The van der Waals surface area contributed by atoms with Crippen molar-refractivity contribution in [1.82, 2.24) is 5.01 Å². The number of methoxy groups -OCH3 is 1. The van der Waals surface area contributed by atoms with Crippen LogP contribution in [0.3, 0.4) is 0 Å². The predicted octanol–water partition coefficient (Wildman–Crippen LogP) is 1.62. The smallest absolute Gasteiger partial charge is 0.246 e. The number of rotatable bonds is 4. The maximum absolute atomic E-state index is 12.2. The Kier molecular flexibility index (Phi) is 3.30. The molecular formula is C14H20N2O2. The number of ether oxygens (including phenoxy) is 1. The van der Waals surface area contributed by atoms with Crippen LogP contribution in [0.2, 0.25) is 0 Å². The molecule has 0 atom stereocenters. The Morgan fingerprint density at radius 3 is 2.61 bits per heavy atom. The monoisotopic (exact) mass is 248 g/mol. The van der Waals surface area contributed by atoms with Crippen LogP contribution in [0.25, 0.3) is 0 Å². The number of carbonyl (C=O) groups is 1. The summed E-state index contributed by atoms with van der Waals surface area (Å²) in [4.78, 5) is 12.2. The quantitative estimate of drug-likeness (QED) is 0.500. The number of nitrogens with two attached hydrogens (primary N) is 1. The van der Waals surface area contributed by atoms with Crippen LogP contribution in [0.4, 0.5) is 0 Å². The minimum atomic E-state index is -0.458. The second-order valence-electron chi connectivity index (χ2n) is 4.89. The van der Waals surface area contributed by atoms with E-state index in [9.17, 15) is 4.79 Å². The van der Waals surface area contributed by atoms with Crippen molar-refractivity contribution in [2.24, 2.45) is 5.84 Å². The van der Waals surface area contributed by atoms with Crippen molar-refractivity contribution in [1.29, 1.82) is 0 Å². The molecule has 1 aliphatic carbocycles. The molecule has 4 heteroatoms. The van der Waals surface area contributed by atoms with E-state index in [1.54, 1.807) is 14.2 Å². The van der Waals surface area contributed by atoms with Crippen molar-refractivity contribution < 1.29 is 9.53 Å². The Bertz CT molecular complexity index is 465. The van der Waals surface area contributed by atoms with E-state index in [1.807, 2.05) is 12.1 Å². The van der Waals surface area contributed by atoms with Gasteiger partial charge in [0.25, 0.3) is 0 Å². The zero-order valence-corrected chi connectivity index (χ0v) is 11.2. The van der Waals surface area contributed by atoms with Crippen molar-refractivity contribution in [2.45, 2.75) is 31.6 Å². The fourth-order valence-electron chi connectivity index (χ4n) is 2.41. The lowest BCUT2D eigenvalue weighted by Gasteiger charge is -2.22. The third-order valence-electron chi connectivity index (χ3n) is 3.67. The highest BCUT2D eigenvalue weighted by atomic mass is 16.5. The van der Waals surface area contributed by atoms with E-state index in [0.717, 1.165) is 30.6 Å². The molecule has 1 aliphatic rings. The van der Waals surface area contributed by atoms with Gasteiger partial charge in [-0.15, -0.1) is 0 Å². The van der Waals surface area contributed by atoms with Gasteiger partial charge in [-0.3, -0.25) is 9.80 Å². The van der Waals surface area contributed by atoms with E-state index in [4.69, 9.17) is 10.6 Å². The van der Waals surface area contributed by atoms with Crippen molar-refractivity contribution in [3.05, 3.63) is 29.3 Å². The summed E-state index contributed by atoms with van der Waals surface area (Å²) in [6.45, 7) is 2.10. The third kappa shape index (κ3) is 1.97. The summed E-state index contributed by atoms with van der Waals surface area (Å²) in [6.07, 6.45) is 2.63. The number of amides is 1. The fourth-order valence-corrected chi connectivity index (χ4v) is 2.41. The van der Waals surface area contributed by atoms with Gasteiger partial charge in [0.2, 0.25) is 5.91 Å². The maximum atomic E-state index is 12.2. The van der Waals surface area contributed by atoms with Crippen LogP contribution in [0.1, 0.15) is 30.9 Å². The molecule has 1 saturated carbocycles. The summed E-state index contributed by atoms with van der Waals surface area (Å²) in [5.41, 5.74) is 1.73. The summed E-state index contributed by atoms with van der Waals surface area (Å²) < 4.78 is 5.39. The molecule has 0 radical (unpaired) electrons. The third-order valence-corrected chi connectivity index (χ3v) is 3.67. The first-order valence-corrected chi connectivity index (χ1v) is 6.25. The normalized spacial score (nSPS) is 16.2. The van der Waals surface area contributed by atoms with Gasteiger partial charge in [0.15, 0.2) is 0 Å². The molecule has 0 aliphatic heterocycles. The highest BCUT2D eigenvalue weighted by Crippen LogP contribution is 2.52. The largest absolute Gasteiger partial charge is 0.496 e. The molecule has 1 aromatic rings. The Hall–Kier alpha value is -1.55. The standard InChI is InChI=1S/C14H20N2O2/c1-4-10-5-6-12(18-3)11(9-10)14(7-8-14)13(17)16(2)15/h5-6,9H,4,7-8,15H2,1-3H3. The van der Waals surface area contributed by atoms with Gasteiger partial charge < -0.3 is 4.74 Å². The lowest BCUT2D eigenvalue weighted by Crippen LogP contribution is -2.41. The minimum Gasteiger partial charge on any atom is -0.496 e. The average Bonchev–Trinajstić information content (AvgIpc) is 3.18. The number of hydrazine groups is 1. The molecule has 1 amide bonds. The zero-order chi connectivity index (χ0) is 13.3. The van der Waals surface area contributed by atoms with E-state index in [0.29, 0.717) is 0 Å². The highest BCUT2D eigenvalue weighted by molar-refractivity contribution is 5.91. The van der Waals surface area contributed by atoms with Crippen molar-refractivity contribution in [2.75, 3.05) is 14.2 Å². The number of likely N-dealkylation sites (N-methyl/N-ethyl adjacent to an activating group) is 1. The Labute approximate surface area is 108 Å². The summed E-state index contributed by atoms with van der Waals surface area (Å²) >= 11 is 0. The molecule has 0 bridgehead atoms. The van der Waals surface area contributed by atoms with E-state index in [-0.39, 0.29) is 5.91 Å². The number of aryl methyl sites for hydroxylation is 1. The van der Waals surface area contributed by atoms with Gasteiger partial charge in [0.1, 0.15) is 5.75 Å². The van der Waals surface area contributed by atoms with E-state index in [1.165, 1.54) is 10.6 Å². The number of nitrogens with zero attached hydrogens (tertiary/aromatic N) is 1. The van der Waals surface area contributed by atoms with Gasteiger partial charge in [-0.25, -0.2) is 5.84 Å². The molecule has 0 unspecified atom stereocenters. The molecule has 2 N–H and O–H groups in total. The molecule has 0 aromatic heterocycles. The molecule has 1 fully saturated rings. The summed E-state index contributed by atoms with van der Waals surface area (Å²) in [6, 6.07) is 6.06. The molecule has 0 heterocycles. The minimum absolute atomic E-state index is 0.0333. The van der Waals surface area contributed by atoms with Gasteiger partial charge in [-0.1, -0.05) is 19.1 Å². The number of carbonyl (C=O) groups excluding carboxylic acids is 1. The van der Waals surface area contributed by atoms with Crippen molar-refractivity contribution >= 4 is 5.91 Å². The molecule has 4 nitrogen and oxygen atoms in total. The van der Waals surface area contributed by atoms with Crippen LogP contribution in [0.15, 0.2) is 18.2 Å². The zero-order valence-electron chi connectivity index (χ0n) is 11.2. The van der Waals surface area contributed by atoms with E-state index >= 15 is 0 Å². The molecule has 2 rings (SSSR count). The van der Waals surface area contributed by atoms with Crippen molar-refractivity contribution in [3.63, 3.8) is 0 Å². The number of hydrogen-bond donors (Lipinski definition) is 1. The second-order valence-corrected chi connectivity index (χ2v) is 4.89. The summed E-state index contributed by atoms with van der Waals surface area (Å²) in [5.74, 6) is 6.35. The molecule has 0 spiro atoms. The van der Waals surface area contributed by atoms with Crippen LogP contribution >= 0.6 is 0 Å². The van der Waals surface area contributed by atoms with Gasteiger partial charge in [-0.2, -0.15) is 0 Å². The molecular weight excluding hydrogens is 228 g/mol. The maximum Gasteiger partial charge on any atom is 0.246 e. The SMILES string of the molecule is CCc1ccc(OC)c(C2(C(=O)N(C)N)CC2)c1. The Morgan fingerprint density at radius 1 is 1.50 bits per heavy atom. The van der Waals surface area contributed by atoms with Gasteiger partial charge in [0, 0.05) is 12.6 Å². The number of hydrogen-bond acceptors (Lipinski definition) is 3. The lowest BCUT2D eigenvalue weighted by molar-refractivity contribution is -0.132. The van der Waals surface area contributed by atoms with Crippen LogP contribution in [-0.4, -0.2) is 25.1 Å². The predicted molar refractivity (Wildman–Crippen MR) is 70.2 cm³/mol. The van der Waals surface area contributed by atoms with E-state index < -0.39 is 5.41 Å². The molecule has 98 valence electrons. The van der Waals surface area contributed by atoms with Gasteiger partial charge in [0.05, 0.1) is 12.5 Å². The average molecular weight is 248 g/mol. The van der Waals surface area contributed by atoms with Crippen LogP contribution in [-0.2, 0) is 16.6 Å². The molecule has 1 aromatic carbocycles. The highest BCUT2D eigenvalue weighted by Gasteiger charge is 2.53. The van der Waals surface area contributed by atoms with Crippen LogP contribution in [0, 0.1) is 0 Å². The first kappa shape index (κ1) is 12.9. The van der Waals surface area contributed by atoms with Crippen LogP contribution in [0.5, 0.6) is 5.75 Å². The second kappa shape index (κ2) is 4.61. The lowest BCUT2D eigenvalue weighted by atomic mass is 9.91. The van der Waals surface area contributed by atoms with Gasteiger partial charge >= 0.3 is 0 Å². The topological polar surface area (TPSA) is 55.6 Å². The van der Waals surface area contributed by atoms with Crippen molar-refractivity contribution in [3.8, 4) is 5.75 Å². The summed E-state index contributed by atoms with van der Waals surface area (Å²) in [5, 5.41) is 1.19. The van der Waals surface area contributed by atoms with Crippen LogP contribution < -0.4 is 10.6 Å². The number of benzene rings is 1. The fraction of sp³-hybridized carbons (Fsp3) is 0.500. The first-order valence-electron chi connectivity index (χ1n) is 6.25. The van der Waals surface area contributed by atoms with E-state index in [2.05, 4.69) is 13.0 Å². The molecule has 18 heavy (non-hydrogen) atoms. The summed E-state index contributed by atoms with van der Waals surface area (Å²) in [7, 11) is 3.23. The Balaban J connectivity index is 2.46. The Morgan fingerprint density at radius 2 is 2.17 bits per heavy atom.